The van der Waals surface area contributed by atoms with Crippen LogP contribution in [0.4, 0.5) is 0 Å². The molecule has 0 atom stereocenters. The third kappa shape index (κ3) is 8.43. The normalized spacial score (nSPS) is 11.6. The number of aromatic nitrogens is 1. The first-order chi connectivity index (χ1) is 13.3. The van der Waals surface area contributed by atoms with Crippen LogP contribution < -0.4 is 16.0 Å². The first kappa shape index (κ1) is 24.9. The van der Waals surface area contributed by atoms with Gasteiger partial charge in [0.2, 0.25) is 5.89 Å². The number of halogens is 1. The molecule has 7 nitrogen and oxygen atoms in total. The van der Waals surface area contributed by atoms with Crippen molar-refractivity contribution in [3.8, 4) is 0 Å². The lowest BCUT2D eigenvalue weighted by Crippen LogP contribution is -2.41. The van der Waals surface area contributed by atoms with Crippen molar-refractivity contribution in [3.63, 3.8) is 0 Å². The van der Waals surface area contributed by atoms with Crippen molar-refractivity contribution in [1.82, 2.24) is 20.9 Å². The Bertz CT molecular complexity index is 811. The summed E-state index contributed by atoms with van der Waals surface area (Å²) in [6.45, 7) is 12.3. The standard InChI is InChI=1S/C21H31N5O2.HI/c1-6-22-20(26-14-18-25-13-17(28-18)21(3,4)5)24-11-10-23-19(27)16-9-7-8-15(2)12-16;/h7-9,12-13H,6,10-11,14H2,1-5H3,(H,23,27)(H2,22,24,26);1H. The van der Waals surface area contributed by atoms with E-state index in [1.165, 1.54) is 0 Å². The Morgan fingerprint density at radius 2 is 1.90 bits per heavy atom. The molecule has 0 aliphatic heterocycles. The van der Waals surface area contributed by atoms with E-state index in [-0.39, 0.29) is 35.3 Å². The van der Waals surface area contributed by atoms with Gasteiger partial charge in [0.25, 0.3) is 5.91 Å². The molecule has 1 heterocycles. The highest BCUT2D eigenvalue weighted by atomic mass is 127. The number of hydrogen-bond acceptors (Lipinski definition) is 4. The first-order valence-electron chi connectivity index (χ1n) is 9.62. The summed E-state index contributed by atoms with van der Waals surface area (Å²) in [5.74, 6) is 1.99. The molecule has 0 aliphatic rings. The summed E-state index contributed by atoms with van der Waals surface area (Å²) < 4.78 is 5.76. The van der Waals surface area contributed by atoms with Gasteiger partial charge in [-0.25, -0.2) is 9.98 Å². The monoisotopic (exact) mass is 513 g/mol. The maximum Gasteiger partial charge on any atom is 0.251 e. The molecular formula is C21H32IN5O2. The lowest BCUT2D eigenvalue weighted by Gasteiger charge is -2.13. The van der Waals surface area contributed by atoms with Crippen LogP contribution in [0.5, 0.6) is 0 Å². The van der Waals surface area contributed by atoms with Gasteiger partial charge in [0.15, 0.2) is 5.96 Å². The van der Waals surface area contributed by atoms with Crippen molar-refractivity contribution in [2.24, 2.45) is 4.99 Å². The molecule has 1 amide bonds. The molecule has 29 heavy (non-hydrogen) atoms. The predicted octanol–water partition coefficient (Wildman–Crippen LogP) is 3.38. The number of carbonyl (C=O) groups excluding carboxylic acids is 1. The Morgan fingerprint density at radius 3 is 2.52 bits per heavy atom. The van der Waals surface area contributed by atoms with Crippen LogP contribution in [0.1, 0.15) is 55.3 Å². The lowest BCUT2D eigenvalue weighted by atomic mass is 9.94. The van der Waals surface area contributed by atoms with E-state index in [1.807, 2.05) is 38.1 Å². The van der Waals surface area contributed by atoms with Crippen LogP contribution >= 0.6 is 24.0 Å². The summed E-state index contributed by atoms with van der Waals surface area (Å²) in [6, 6.07) is 7.53. The highest BCUT2D eigenvalue weighted by Gasteiger charge is 2.19. The van der Waals surface area contributed by atoms with E-state index in [2.05, 4.69) is 46.7 Å². The van der Waals surface area contributed by atoms with E-state index < -0.39 is 0 Å². The van der Waals surface area contributed by atoms with E-state index >= 15 is 0 Å². The summed E-state index contributed by atoms with van der Waals surface area (Å²) in [4.78, 5) is 20.9. The van der Waals surface area contributed by atoms with Crippen molar-refractivity contribution in [3.05, 3.63) is 53.2 Å². The number of amides is 1. The molecule has 1 aromatic carbocycles. The Labute approximate surface area is 190 Å². The number of hydrogen-bond donors (Lipinski definition) is 3. The van der Waals surface area contributed by atoms with Gasteiger partial charge in [0.1, 0.15) is 12.3 Å². The summed E-state index contributed by atoms with van der Waals surface area (Å²) >= 11 is 0. The fourth-order valence-electron chi connectivity index (χ4n) is 2.46. The van der Waals surface area contributed by atoms with Crippen molar-refractivity contribution in [2.45, 2.75) is 46.6 Å². The Morgan fingerprint density at radius 1 is 1.17 bits per heavy atom. The fourth-order valence-corrected chi connectivity index (χ4v) is 2.46. The van der Waals surface area contributed by atoms with Crippen LogP contribution in [0.2, 0.25) is 0 Å². The zero-order valence-corrected chi connectivity index (χ0v) is 20.2. The van der Waals surface area contributed by atoms with Gasteiger partial charge in [-0.2, -0.15) is 0 Å². The first-order valence-corrected chi connectivity index (χ1v) is 9.62. The number of guanidine groups is 1. The largest absolute Gasteiger partial charge is 0.443 e. The molecular weight excluding hydrogens is 481 g/mol. The summed E-state index contributed by atoms with van der Waals surface area (Å²) in [5.41, 5.74) is 1.65. The zero-order valence-electron chi connectivity index (χ0n) is 17.8. The Kier molecular flexibility index (Phi) is 10.1. The average molecular weight is 513 g/mol. The molecule has 2 rings (SSSR count). The number of nitrogens with zero attached hydrogens (tertiary/aromatic N) is 2. The smallest absolute Gasteiger partial charge is 0.251 e. The molecule has 0 unspecified atom stereocenters. The summed E-state index contributed by atoms with van der Waals surface area (Å²) in [5, 5.41) is 9.28. The van der Waals surface area contributed by atoms with E-state index in [9.17, 15) is 4.79 Å². The van der Waals surface area contributed by atoms with E-state index in [1.54, 1.807) is 6.20 Å². The van der Waals surface area contributed by atoms with Gasteiger partial charge in [-0.1, -0.05) is 38.5 Å². The molecule has 8 heteroatoms. The number of nitrogens with one attached hydrogen (secondary N) is 3. The highest BCUT2D eigenvalue weighted by Crippen LogP contribution is 2.22. The maximum absolute atomic E-state index is 12.2. The van der Waals surface area contributed by atoms with Crippen molar-refractivity contribution in [1.29, 1.82) is 0 Å². The molecule has 0 fully saturated rings. The number of benzene rings is 1. The lowest BCUT2D eigenvalue weighted by molar-refractivity contribution is 0.0954. The van der Waals surface area contributed by atoms with Crippen LogP contribution in [0, 0.1) is 6.92 Å². The van der Waals surface area contributed by atoms with E-state index in [4.69, 9.17) is 4.42 Å². The van der Waals surface area contributed by atoms with Gasteiger partial charge < -0.3 is 20.4 Å². The number of carbonyl (C=O) groups is 1. The second kappa shape index (κ2) is 11.8. The number of rotatable bonds is 7. The third-order valence-electron chi connectivity index (χ3n) is 3.99. The predicted molar refractivity (Wildman–Crippen MR) is 127 cm³/mol. The topological polar surface area (TPSA) is 91.6 Å². The van der Waals surface area contributed by atoms with Crippen molar-refractivity contribution >= 4 is 35.8 Å². The number of aryl methyl sites for hydroxylation is 1. The summed E-state index contributed by atoms with van der Waals surface area (Å²) in [7, 11) is 0. The second-order valence-electron chi connectivity index (χ2n) is 7.62. The van der Waals surface area contributed by atoms with Gasteiger partial charge in [-0.15, -0.1) is 24.0 Å². The molecule has 0 bridgehead atoms. The number of oxazole rings is 1. The summed E-state index contributed by atoms with van der Waals surface area (Å²) in [6.07, 6.45) is 1.76. The molecule has 0 saturated heterocycles. The van der Waals surface area contributed by atoms with Crippen LogP contribution in [0.15, 0.2) is 39.9 Å². The molecule has 2 aromatic rings. The minimum Gasteiger partial charge on any atom is -0.443 e. The van der Waals surface area contributed by atoms with Gasteiger partial charge in [-0.05, 0) is 26.0 Å². The van der Waals surface area contributed by atoms with Crippen LogP contribution in [-0.4, -0.2) is 36.5 Å². The average Bonchev–Trinajstić information content (AvgIpc) is 3.12. The van der Waals surface area contributed by atoms with Crippen LogP contribution in [-0.2, 0) is 12.0 Å². The van der Waals surface area contributed by atoms with E-state index in [0.29, 0.717) is 37.0 Å². The van der Waals surface area contributed by atoms with Crippen molar-refractivity contribution < 1.29 is 9.21 Å². The van der Waals surface area contributed by atoms with Crippen LogP contribution in [0.25, 0.3) is 0 Å². The Hall–Kier alpha value is -2.10. The SMILES string of the molecule is CCNC(=NCc1ncc(C(C)(C)C)o1)NCCNC(=O)c1cccc(C)c1.I. The second-order valence-corrected chi connectivity index (χ2v) is 7.62. The zero-order chi connectivity index (χ0) is 20.6. The highest BCUT2D eigenvalue weighted by molar-refractivity contribution is 14.0. The molecule has 0 radical (unpaired) electrons. The van der Waals surface area contributed by atoms with Gasteiger partial charge >= 0.3 is 0 Å². The molecule has 160 valence electrons. The molecule has 3 N–H and O–H groups in total. The molecule has 0 saturated carbocycles. The molecule has 0 spiro atoms. The van der Waals surface area contributed by atoms with Gasteiger partial charge in [0, 0.05) is 30.6 Å². The maximum atomic E-state index is 12.2. The van der Waals surface area contributed by atoms with E-state index in [0.717, 1.165) is 17.9 Å². The van der Waals surface area contributed by atoms with Gasteiger partial charge in [-0.3, -0.25) is 4.79 Å². The van der Waals surface area contributed by atoms with Gasteiger partial charge in [0.05, 0.1) is 6.20 Å². The van der Waals surface area contributed by atoms with Crippen molar-refractivity contribution in [2.75, 3.05) is 19.6 Å². The quantitative estimate of drug-likeness (QED) is 0.229. The van der Waals surface area contributed by atoms with Crippen LogP contribution in [0.3, 0.4) is 0 Å². The fraction of sp³-hybridized carbons (Fsp3) is 0.476. The minimum atomic E-state index is -0.0815. The number of aliphatic imine (C=N–C) groups is 1. The minimum absolute atomic E-state index is 0. The molecule has 1 aromatic heterocycles. The third-order valence-corrected chi connectivity index (χ3v) is 3.99. The molecule has 0 aliphatic carbocycles. The Balaban J connectivity index is 0.00000420.